The largest absolute Gasteiger partial charge is 2.00 e. The van der Waals surface area contributed by atoms with Crippen molar-refractivity contribution < 1.29 is 42.1 Å². The van der Waals surface area contributed by atoms with Crippen LogP contribution in [0.1, 0.15) is 107 Å². The molecule has 0 aliphatic heterocycles. The van der Waals surface area contributed by atoms with Crippen LogP contribution in [0.15, 0.2) is 12.7 Å². The minimum atomic E-state index is 0. The van der Waals surface area contributed by atoms with Crippen LogP contribution in [0, 0.1) is 27.7 Å². The molecule has 0 aromatic rings. The number of allylic oxidation sites excluding steroid dienone is 1. The van der Waals surface area contributed by atoms with Crippen LogP contribution < -0.4 is 0 Å². The minimum Gasteiger partial charge on any atom is -0.358 e. The van der Waals surface area contributed by atoms with Gasteiger partial charge in [0.05, 0.1) is 0 Å². The molecule has 0 aliphatic rings. The fourth-order valence-electron chi connectivity index (χ4n) is 0.697. The predicted molar refractivity (Wildman–Crippen MR) is 115 cm³/mol. The third kappa shape index (κ3) is 223. The summed E-state index contributed by atoms with van der Waals surface area (Å²) in [7, 11) is 0. The monoisotopic (exact) mass is 684 g/mol. The molecular formula is C22H52W2. The Morgan fingerprint density at radius 2 is 1.08 bits per heavy atom. The Balaban J connectivity index is -0.0000000176. The van der Waals surface area contributed by atoms with E-state index in [0.717, 1.165) is 12.8 Å². The summed E-state index contributed by atoms with van der Waals surface area (Å²) < 4.78 is 0. The molecule has 0 amide bonds. The van der Waals surface area contributed by atoms with Gasteiger partial charge in [0.1, 0.15) is 0 Å². The summed E-state index contributed by atoms with van der Waals surface area (Å²) in [5, 5.41) is 0. The van der Waals surface area contributed by atoms with Crippen LogP contribution in [0.2, 0.25) is 0 Å². The van der Waals surface area contributed by atoms with E-state index >= 15 is 0 Å². The van der Waals surface area contributed by atoms with Gasteiger partial charge >= 0.3 is 42.1 Å². The molecule has 24 heavy (non-hydrogen) atoms. The number of hydrogen-bond acceptors (Lipinski definition) is 0. The van der Waals surface area contributed by atoms with E-state index in [4.69, 9.17) is 0 Å². The average molecular weight is 684 g/mol. The fraction of sp³-hybridized carbons (Fsp3) is 0.727. The molecule has 0 saturated heterocycles. The Labute approximate surface area is 189 Å². The summed E-state index contributed by atoms with van der Waals surface area (Å²) in [6, 6.07) is 0. The maximum Gasteiger partial charge on any atom is 2.00 e. The molecule has 0 fully saturated rings. The SMILES string of the molecule is C=CC.CC.CC.CC.CCC[CH-]CCCC.[CH2-]CC[CH2-].[CH3-].[W+2].[W+2]. The van der Waals surface area contributed by atoms with Gasteiger partial charge in [-0.2, -0.15) is 12.8 Å². The molecular weight excluding hydrogens is 632 g/mol. The smallest absolute Gasteiger partial charge is 0.358 e. The fourth-order valence-corrected chi connectivity index (χ4v) is 0.697. The Morgan fingerprint density at radius 1 is 0.792 bits per heavy atom. The van der Waals surface area contributed by atoms with Gasteiger partial charge in [-0.15, -0.1) is 6.58 Å². The van der Waals surface area contributed by atoms with Crippen LogP contribution >= 0.6 is 0 Å². The van der Waals surface area contributed by atoms with Crippen molar-refractivity contribution in [3.63, 3.8) is 0 Å². The zero-order valence-electron chi connectivity index (χ0n) is 19.0. The first-order valence-corrected chi connectivity index (χ1v) is 9.22. The summed E-state index contributed by atoms with van der Waals surface area (Å²) in [5.74, 6) is 0. The van der Waals surface area contributed by atoms with E-state index < -0.39 is 0 Å². The van der Waals surface area contributed by atoms with E-state index in [-0.39, 0.29) is 49.6 Å². The van der Waals surface area contributed by atoms with Gasteiger partial charge in [0, 0.05) is 0 Å². The molecule has 152 valence electrons. The molecule has 0 nitrogen and oxygen atoms in total. The van der Waals surface area contributed by atoms with Gasteiger partial charge in [-0.05, 0) is 6.92 Å². The van der Waals surface area contributed by atoms with Crippen LogP contribution in [0.25, 0.3) is 0 Å². The van der Waals surface area contributed by atoms with Gasteiger partial charge in [0.15, 0.2) is 0 Å². The zero-order valence-corrected chi connectivity index (χ0v) is 24.9. The summed E-state index contributed by atoms with van der Waals surface area (Å²) in [6.07, 6.45) is 12.7. The molecule has 0 unspecified atom stereocenters. The Kier molecular flexibility index (Phi) is 295. The zero-order chi connectivity index (χ0) is 18.4. The van der Waals surface area contributed by atoms with E-state index in [1.165, 1.54) is 32.1 Å². The third-order valence-electron chi connectivity index (χ3n) is 1.50. The molecule has 0 aromatic carbocycles. The van der Waals surface area contributed by atoms with E-state index in [2.05, 4.69) is 40.7 Å². The molecule has 2 heteroatoms. The normalized spacial score (nSPS) is 5.79. The molecule has 0 bridgehead atoms. The first-order chi connectivity index (χ1) is 10.2. The molecule has 0 heterocycles. The predicted octanol–water partition coefficient (Wildman–Crippen LogP) is 9.33. The van der Waals surface area contributed by atoms with Crippen LogP contribution in [0.3, 0.4) is 0 Å². The Bertz CT molecular complexity index is 76.0. The summed E-state index contributed by atoms with van der Waals surface area (Å²) >= 11 is 0. The Hall–Kier alpha value is 1.12. The second kappa shape index (κ2) is 126. The summed E-state index contributed by atoms with van der Waals surface area (Å²) in [5.41, 5.74) is 0. The quantitative estimate of drug-likeness (QED) is 0.149. The number of unbranched alkanes of at least 4 members (excludes halogenated alkanes) is 6. The first-order valence-electron chi connectivity index (χ1n) is 9.22. The van der Waals surface area contributed by atoms with Gasteiger partial charge in [-0.3, -0.25) is 0 Å². The number of hydrogen-bond donors (Lipinski definition) is 0. The summed E-state index contributed by atoms with van der Waals surface area (Å²) in [6.45, 7) is 28.8. The van der Waals surface area contributed by atoms with E-state index in [1.807, 2.05) is 48.5 Å². The maximum absolute atomic E-state index is 3.54. The first kappa shape index (κ1) is 56.2. The van der Waals surface area contributed by atoms with Crippen molar-refractivity contribution in [2.75, 3.05) is 0 Å². The van der Waals surface area contributed by atoms with Crippen LogP contribution in [0.4, 0.5) is 0 Å². The van der Waals surface area contributed by atoms with Gasteiger partial charge in [-0.25, -0.2) is 12.8 Å². The third-order valence-corrected chi connectivity index (χ3v) is 1.50. The van der Waals surface area contributed by atoms with Gasteiger partial charge in [0.2, 0.25) is 0 Å². The van der Waals surface area contributed by atoms with Crippen molar-refractivity contribution in [3.8, 4) is 0 Å². The molecule has 0 atom stereocenters. The number of rotatable bonds is 6. The van der Waals surface area contributed by atoms with Crippen molar-refractivity contribution in [2.24, 2.45) is 0 Å². The molecule has 0 rings (SSSR count). The van der Waals surface area contributed by atoms with Crippen LogP contribution in [0.5, 0.6) is 0 Å². The van der Waals surface area contributed by atoms with Crippen LogP contribution in [-0.4, -0.2) is 0 Å². The van der Waals surface area contributed by atoms with Crippen molar-refractivity contribution in [3.05, 3.63) is 40.3 Å². The molecule has 0 aliphatic carbocycles. The maximum atomic E-state index is 3.54. The second-order valence-corrected chi connectivity index (χ2v) is 3.33. The van der Waals surface area contributed by atoms with Gasteiger partial charge in [-0.1, -0.05) is 80.7 Å². The van der Waals surface area contributed by atoms with Crippen molar-refractivity contribution in [1.82, 2.24) is 0 Å². The molecule has 0 saturated carbocycles. The van der Waals surface area contributed by atoms with Crippen molar-refractivity contribution in [2.45, 2.75) is 107 Å². The van der Waals surface area contributed by atoms with Crippen molar-refractivity contribution in [1.29, 1.82) is 0 Å². The van der Waals surface area contributed by atoms with Gasteiger partial charge in [0.25, 0.3) is 0 Å². The molecule has 0 radical (unpaired) electrons. The Morgan fingerprint density at radius 3 is 1.25 bits per heavy atom. The van der Waals surface area contributed by atoms with Crippen LogP contribution in [-0.2, 0) is 42.1 Å². The average Bonchev–Trinajstić information content (AvgIpc) is 2.58. The van der Waals surface area contributed by atoms with Crippen molar-refractivity contribution >= 4 is 0 Å². The van der Waals surface area contributed by atoms with E-state index in [9.17, 15) is 0 Å². The summed E-state index contributed by atoms with van der Waals surface area (Å²) in [4.78, 5) is 0. The molecule has 0 aromatic heterocycles. The topological polar surface area (TPSA) is 0 Å². The van der Waals surface area contributed by atoms with E-state index in [1.54, 1.807) is 6.08 Å². The molecule has 0 spiro atoms. The standard InChI is InChI=1S/C8H17.C4H8.C3H6.3C2H6.CH3.2W/c1-3-5-7-8-6-4-2;1-3-4-2;1-3-2;3*1-2;;;/h7H,3-6,8H2,1-2H3;1-4H2;3H,1H2,2H3;3*1-2H3;1H3;;/q-1;-2;;;;;-1;2*+2. The van der Waals surface area contributed by atoms with E-state index in [0.29, 0.717) is 0 Å². The van der Waals surface area contributed by atoms with Gasteiger partial charge < -0.3 is 27.7 Å². The molecule has 0 N–H and O–H groups in total. The second-order valence-electron chi connectivity index (χ2n) is 3.33. The minimum absolute atomic E-state index is 0.